The highest BCUT2D eigenvalue weighted by molar-refractivity contribution is 5.92. The molecular formula is C16H24N2O2. The number of amides is 2. The first-order valence-electron chi connectivity index (χ1n) is 6.96. The lowest BCUT2D eigenvalue weighted by Crippen LogP contribution is -2.30. The first-order chi connectivity index (χ1) is 9.31. The number of aryl methyl sites for hydroxylation is 3. The molecule has 1 aromatic carbocycles. The molecule has 2 amide bonds. The Hall–Kier alpha value is -1.84. The van der Waals surface area contributed by atoms with Crippen LogP contribution in [0.15, 0.2) is 12.1 Å². The first kappa shape index (κ1) is 16.2. The molecule has 0 aliphatic heterocycles. The van der Waals surface area contributed by atoms with E-state index in [0.717, 1.165) is 16.8 Å². The molecule has 0 heterocycles. The normalized spacial score (nSPS) is 10.5. The predicted molar refractivity (Wildman–Crippen MR) is 81.7 cm³/mol. The van der Waals surface area contributed by atoms with Crippen LogP contribution < -0.4 is 10.6 Å². The van der Waals surface area contributed by atoms with E-state index in [9.17, 15) is 9.59 Å². The number of anilines is 1. The number of carbonyl (C=O) groups excluding carboxylic acids is 2. The molecule has 4 nitrogen and oxygen atoms in total. The summed E-state index contributed by atoms with van der Waals surface area (Å²) in [6, 6.07) is 4.09. The van der Waals surface area contributed by atoms with Gasteiger partial charge in [0.15, 0.2) is 0 Å². The van der Waals surface area contributed by atoms with Crippen molar-refractivity contribution in [3.05, 3.63) is 28.8 Å². The summed E-state index contributed by atoms with van der Waals surface area (Å²) >= 11 is 0. The van der Waals surface area contributed by atoms with Gasteiger partial charge in [-0.05, 0) is 31.9 Å². The summed E-state index contributed by atoms with van der Waals surface area (Å²) in [5, 5.41) is 5.66. The molecule has 0 radical (unpaired) electrons. The van der Waals surface area contributed by atoms with Gasteiger partial charge in [0.1, 0.15) is 0 Å². The fourth-order valence-electron chi connectivity index (χ4n) is 2.08. The van der Waals surface area contributed by atoms with Gasteiger partial charge in [-0.15, -0.1) is 0 Å². The monoisotopic (exact) mass is 276 g/mol. The van der Waals surface area contributed by atoms with Gasteiger partial charge in [0, 0.05) is 24.6 Å². The van der Waals surface area contributed by atoms with Crippen LogP contribution in [-0.4, -0.2) is 18.4 Å². The molecule has 0 saturated carbocycles. The second-order valence-electron chi connectivity index (χ2n) is 5.52. The van der Waals surface area contributed by atoms with Crippen molar-refractivity contribution >= 4 is 17.5 Å². The van der Waals surface area contributed by atoms with E-state index in [-0.39, 0.29) is 24.2 Å². The molecule has 1 rings (SSSR count). The highest BCUT2D eigenvalue weighted by atomic mass is 16.2. The molecule has 0 fully saturated rings. The molecule has 110 valence electrons. The van der Waals surface area contributed by atoms with E-state index in [1.165, 1.54) is 5.56 Å². The number of nitrogens with one attached hydrogen (secondary N) is 2. The van der Waals surface area contributed by atoms with E-state index in [0.29, 0.717) is 6.54 Å². The van der Waals surface area contributed by atoms with Crippen LogP contribution in [0.3, 0.4) is 0 Å². The number of rotatable bonds is 5. The van der Waals surface area contributed by atoms with Gasteiger partial charge < -0.3 is 10.6 Å². The molecular weight excluding hydrogens is 252 g/mol. The molecule has 0 unspecified atom stereocenters. The summed E-state index contributed by atoms with van der Waals surface area (Å²) in [6.45, 7) is 10.0. The number of hydrogen-bond donors (Lipinski definition) is 2. The quantitative estimate of drug-likeness (QED) is 0.868. The minimum absolute atomic E-state index is 0.0273. The average Bonchev–Trinajstić information content (AvgIpc) is 2.33. The molecule has 20 heavy (non-hydrogen) atoms. The number of hydrogen-bond acceptors (Lipinski definition) is 2. The van der Waals surface area contributed by atoms with E-state index >= 15 is 0 Å². The second-order valence-corrected chi connectivity index (χ2v) is 5.52. The predicted octanol–water partition coefficient (Wildman–Crippen LogP) is 2.71. The topological polar surface area (TPSA) is 58.2 Å². The summed E-state index contributed by atoms with van der Waals surface area (Å²) in [5.41, 5.74) is 4.17. The Morgan fingerprint density at radius 1 is 1.10 bits per heavy atom. The maximum Gasteiger partial charge on any atom is 0.226 e. The van der Waals surface area contributed by atoms with Crippen LogP contribution in [0.5, 0.6) is 0 Å². The van der Waals surface area contributed by atoms with E-state index in [1.54, 1.807) is 0 Å². The van der Waals surface area contributed by atoms with E-state index < -0.39 is 0 Å². The SMILES string of the molecule is Cc1cc(C)c(NC(=O)CCNC(=O)C(C)C)c(C)c1. The Kier molecular flexibility index (Phi) is 5.74. The van der Waals surface area contributed by atoms with Crippen molar-refractivity contribution < 1.29 is 9.59 Å². The Morgan fingerprint density at radius 3 is 2.15 bits per heavy atom. The third kappa shape index (κ3) is 4.68. The zero-order valence-electron chi connectivity index (χ0n) is 13.0. The molecule has 0 aliphatic carbocycles. The van der Waals surface area contributed by atoms with Crippen molar-refractivity contribution in [3.63, 3.8) is 0 Å². The minimum Gasteiger partial charge on any atom is -0.355 e. The molecule has 0 aliphatic rings. The summed E-state index contributed by atoms with van der Waals surface area (Å²) in [7, 11) is 0. The van der Waals surface area contributed by atoms with Gasteiger partial charge in [-0.3, -0.25) is 9.59 Å². The molecule has 0 aromatic heterocycles. The van der Waals surface area contributed by atoms with Crippen molar-refractivity contribution in [2.75, 3.05) is 11.9 Å². The number of carbonyl (C=O) groups is 2. The molecule has 0 spiro atoms. The summed E-state index contributed by atoms with van der Waals surface area (Å²) in [5.74, 6) is -0.163. The lowest BCUT2D eigenvalue weighted by Gasteiger charge is -2.13. The second kappa shape index (κ2) is 7.08. The zero-order chi connectivity index (χ0) is 15.3. The third-order valence-electron chi connectivity index (χ3n) is 3.12. The largest absolute Gasteiger partial charge is 0.355 e. The average molecular weight is 276 g/mol. The van der Waals surface area contributed by atoms with Crippen molar-refractivity contribution in [1.82, 2.24) is 5.32 Å². The van der Waals surface area contributed by atoms with Gasteiger partial charge in [0.05, 0.1) is 0 Å². The van der Waals surface area contributed by atoms with Crippen LogP contribution in [0.25, 0.3) is 0 Å². The summed E-state index contributed by atoms with van der Waals surface area (Å²) in [6.07, 6.45) is 0.283. The smallest absolute Gasteiger partial charge is 0.226 e. The van der Waals surface area contributed by atoms with Gasteiger partial charge in [-0.25, -0.2) is 0 Å². The van der Waals surface area contributed by atoms with E-state index in [4.69, 9.17) is 0 Å². The molecule has 0 bridgehead atoms. The fraction of sp³-hybridized carbons (Fsp3) is 0.500. The first-order valence-corrected chi connectivity index (χ1v) is 6.96. The zero-order valence-corrected chi connectivity index (χ0v) is 13.0. The summed E-state index contributed by atoms with van der Waals surface area (Å²) < 4.78 is 0. The van der Waals surface area contributed by atoms with Crippen molar-refractivity contribution in [1.29, 1.82) is 0 Å². The molecule has 4 heteroatoms. The van der Waals surface area contributed by atoms with Crippen molar-refractivity contribution in [3.8, 4) is 0 Å². The number of benzene rings is 1. The van der Waals surface area contributed by atoms with Gasteiger partial charge in [-0.2, -0.15) is 0 Å². The van der Waals surface area contributed by atoms with E-state index in [2.05, 4.69) is 10.6 Å². The van der Waals surface area contributed by atoms with Crippen LogP contribution in [0.2, 0.25) is 0 Å². The third-order valence-corrected chi connectivity index (χ3v) is 3.12. The maximum atomic E-state index is 11.9. The van der Waals surface area contributed by atoms with Crippen LogP contribution in [-0.2, 0) is 9.59 Å². The highest BCUT2D eigenvalue weighted by Gasteiger charge is 2.10. The molecule has 0 saturated heterocycles. The Morgan fingerprint density at radius 2 is 1.65 bits per heavy atom. The van der Waals surface area contributed by atoms with E-state index in [1.807, 2.05) is 46.8 Å². The fourth-order valence-corrected chi connectivity index (χ4v) is 2.08. The van der Waals surface area contributed by atoms with Crippen molar-refractivity contribution in [2.24, 2.45) is 5.92 Å². The Balaban J connectivity index is 2.53. The van der Waals surface area contributed by atoms with Crippen molar-refractivity contribution in [2.45, 2.75) is 41.0 Å². The molecule has 0 atom stereocenters. The summed E-state index contributed by atoms with van der Waals surface area (Å²) in [4.78, 5) is 23.3. The maximum absolute atomic E-state index is 11.9. The Labute approximate surface area is 121 Å². The Bertz CT molecular complexity index is 484. The van der Waals surface area contributed by atoms with Crippen LogP contribution >= 0.6 is 0 Å². The van der Waals surface area contributed by atoms with Gasteiger partial charge >= 0.3 is 0 Å². The molecule has 1 aromatic rings. The van der Waals surface area contributed by atoms with Crippen LogP contribution in [0.1, 0.15) is 37.0 Å². The van der Waals surface area contributed by atoms with Crippen LogP contribution in [0, 0.1) is 26.7 Å². The standard InChI is InChI=1S/C16H24N2O2/c1-10(2)16(20)17-7-6-14(19)18-15-12(4)8-11(3)9-13(15)5/h8-10H,6-7H2,1-5H3,(H,17,20)(H,18,19). The minimum atomic E-state index is -0.0795. The van der Waals surface area contributed by atoms with Gasteiger partial charge in [0.25, 0.3) is 0 Å². The molecule has 2 N–H and O–H groups in total. The lowest BCUT2D eigenvalue weighted by atomic mass is 10.1. The highest BCUT2D eigenvalue weighted by Crippen LogP contribution is 2.21. The van der Waals surface area contributed by atoms with Gasteiger partial charge in [-0.1, -0.05) is 31.5 Å². The lowest BCUT2D eigenvalue weighted by molar-refractivity contribution is -0.124. The van der Waals surface area contributed by atoms with Crippen LogP contribution in [0.4, 0.5) is 5.69 Å². The van der Waals surface area contributed by atoms with Gasteiger partial charge in [0.2, 0.25) is 11.8 Å².